The number of sulfonamides is 1. The molecular weight excluding hydrogens is 417 g/mol. The smallest absolute Gasteiger partial charge is 0.312 e. The number of carbonyl (C=O) groups excluding carboxylic acids is 1. The third-order valence-electron chi connectivity index (χ3n) is 4.37. The molecule has 1 aliphatic rings. The maximum atomic E-state index is 12.9. The Kier molecular flexibility index (Phi) is 5.69. The van der Waals surface area contributed by atoms with Crippen LogP contribution in [0.1, 0.15) is 17.5 Å². The predicted molar refractivity (Wildman–Crippen MR) is 98.8 cm³/mol. The number of nitrogens with zero attached hydrogens (tertiary/aromatic N) is 1. The van der Waals surface area contributed by atoms with Gasteiger partial charge in [-0.2, -0.15) is 13.2 Å². The summed E-state index contributed by atoms with van der Waals surface area (Å²) in [6, 6.07) is 9.77. The fourth-order valence-corrected chi connectivity index (χ4v) is 4.28. The quantitative estimate of drug-likeness (QED) is 0.784. The Labute approximate surface area is 165 Å². The lowest BCUT2D eigenvalue weighted by Gasteiger charge is -2.17. The molecule has 0 atom stereocenters. The average Bonchev–Trinajstić information content (AvgIpc) is 3.05. The minimum Gasteiger partial charge on any atom is -0.312 e. The largest absolute Gasteiger partial charge is 0.417 e. The molecule has 0 saturated carbocycles. The van der Waals surface area contributed by atoms with Crippen molar-refractivity contribution in [1.29, 1.82) is 0 Å². The molecule has 0 aromatic heterocycles. The highest BCUT2D eigenvalue weighted by Crippen LogP contribution is 2.36. The number of para-hydroxylation sites is 1. The van der Waals surface area contributed by atoms with Crippen LogP contribution in [-0.4, -0.2) is 27.4 Å². The van der Waals surface area contributed by atoms with Crippen molar-refractivity contribution < 1.29 is 26.4 Å². The molecule has 0 spiro atoms. The number of nitrogens with one attached hydrogen (secondary N) is 1. The summed E-state index contributed by atoms with van der Waals surface area (Å²) in [6.07, 6.45) is -4.17. The Hall–Kier alpha value is -2.10. The van der Waals surface area contributed by atoms with Crippen LogP contribution in [0.4, 0.5) is 18.9 Å². The Balaban J connectivity index is 1.66. The number of hydrogen-bond acceptors (Lipinski definition) is 3. The van der Waals surface area contributed by atoms with Gasteiger partial charge >= 0.3 is 6.18 Å². The molecule has 1 amide bonds. The van der Waals surface area contributed by atoms with E-state index in [1.165, 1.54) is 0 Å². The van der Waals surface area contributed by atoms with Gasteiger partial charge in [-0.1, -0.05) is 29.8 Å². The number of halogens is 4. The first-order valence-electron chi connectivity index (χ1n) is 8.34. The zero-order valence-electron chi connectivity index (χ0n) is 14.5. The number of fused-ring (bicyclic) bond motifs is 1. The first-order valence-corrected chi connectivity index (χ1v) is 10.2. The van der Waals surface area contributed by atoms with Crippen molar-refractivity contribution >= 4 is 33.2 Å². The Morgan fingerprint density at radius 2 is 1.89 bits per heavy atom. The summed E-state index contributed by atoms with van der Waals surface area (Å²) >= 11 is 5.51. The summed E-state index contributed by atoms with van der Waals surface area (Å²) in [5.74, 6) is -0.264. The number of amides is 1. The molecule has 0 bridgehead atoms. The van der Waals surface area contributed by atoms with Crippen LogP contribution in [-0.2, 0) is 27.4 Å². The van der Waals surface area contributed by atoms with E-state index in [4.69, 9.17) is 11.6 Å². The molecule has 0 unspecified atom stereocenters. The molecule has 10 heteroatoms. The van der Waals surface area contributed by atoms with E-state index in [1.807, 2.05) is 24.3 Å². The molecule has 0 aliphatic carbocycles. The molecular formula is C18H16ClF3N2O3S. The lowest BCUT2D eigenvalue weighted by Crippen LogP contribution is -2.33. The van der Waals surface area contributed by atoms with Crippen LogP contribution in [0.5, 0.6) is 0 Å². The highest BCUT2D eigenvalue weighted by molar-refractivity contribution is 7.89. The van der Waals surface area contributed by atoms with Crippen LogP contribution in [0.3, 0.4) is 0 Å². The third kappa shape index (κ3) is 4.31. The highest BCUT2D eigenvalue weighted by atomic mass is 35.5. The molecule has 3 rings (SSSR count). The van der Waals surface area contributed by atoms with Gasteiger partial charge in [0.15, 0.2) is 0 Å². The zero-order valence-corrected chi connectivity index (χ0v) is 16.0. The van der Waals surface area contributed by atoms with Crippen molar-refractivity contribution in [3.8, 4) is 0 Å². The summed E-state index contributed by atoms with van der Waals surface area (Å²) in [5.41, 5.74) is 0.599. The summed E-state index contributed by atoms with van der Waals surface area (Å²) < 4.78 is 65.5. The van der Waals surface area contributed by atoms with Crippen LogP contribution in [0.15, 0.2) is 47.4 Å². The van der Waals surface area contributed by atoms with Crippen molar-refractivity contribution in [2.45, 2.75) is 23.9 Å². The molecule has 1 heterocycles. The highest BCUT2D eigenvalue weighted by Gasteiger charge is 2.34. The van der Waals surface area contributed by atoms with Gasteiger partial charge in [0.05, 0.1) is 15.5 Å². The fraction of sp³-hybridized carbons (Fsp3) is 0.278. The molecule has 28 heavy (non-hydrogen) atoms. The van der Waals surface area contributed by atoms with Crippen LogP contribution < -0.4 is 9.62 Å². The van der Waals surface area contributed by atoms with Crippen LogP contribution >= 0.6 is 11.6 Å². The van der Waals surface area contributed by atoms with Crippen molar-refractivity contribution in [2.75, 3.05) is 18.0 Å². The van der Waals surface area contributed by atoms with Crippen LogP contribution in [0, 0.1) is 0 Å². The van der Waals surface area contributed by atoms with Crippen molar-refractivity contribution in [3.63, 3.8) is 0 Å². The summed E-state index contributed by atoms with van der Waals surface area (Å²) in [4.78, 5) is 13.4. The lowest BCUT2D eigenvalue weighted by atomic mass is 10.2. The summed E-state index contributed by atoms with van der Waals surface area (Å²) in [7, 11) is -4.22. The molecule has 0 radical (unpaired) electrons. The van der Waals surface area contributed by atoms with E-state index in [0.29, 0.717) is 12.6 Å². The van der Waals surface area contributed by atoms with Gasteiger partial charge in [-0.3, -0.25) is 4.79 Å². The van der Waals surface area contributed by atoms with Gasteiger partial charge in [0.2, 0.25) is 15.9 Å². The molecule has 0 fully saturated rings. The Morgan fingerprint density at radius 1 is 1.18 bits per heavy atom. The molecule has 150 valence electrons. The van der Waals surface area contributed by atoms with Crippen molar-refractivity contribution in [2.24, 2.45) is 0 Å². The van der Waals surface area contributed by atoms with E-state index in [-0.39, 0.29) is 18.9 Å². The molecule has 2 aromatic rings. The van der Waals surface area contributed by atoms with Gasteiger partial charge in [-0.15, -0.1) is 0 Å². The second kappa shape index (κ2) is 7.73. The second-order valence-electron chi connectivity index (χ2n) is 6.21. The van der Waals surface area contributed by atoms with Crippen LogP contribution in [0.25, 0.3) is 0 Å². The first-order chi connectivity index (χ1) is 13.1. The first kappa shape index (κ1) is 20.6. The number of anilines is 1. The molecule has 1 N–H and O–H groups in total. The normalized spacial score (nSPS) is 14.2. The van der Waals surface area contributed by atoms with Gasteiger partial charge in [-0.05, 0) is 36.2 Å². The summed E-state index contributed by atoms with van der Waals surface area (Å²) in [6.45, 7) is 0.279. The number of hydrogen-bond donors (Lipinski definition) is 1. The van der Waals surface area contributed by atoms with E-state index >= 15 is 0 Å². The minimum absolute atomic E-state index is 0.118. The third-order valence-corrected chi connectivity index (χ3v) is 6.16. The molecule has 2 aromatic carbocycles. The standard InChI is InChI=1S/C18H16ClF3N2O3S/c19-15-6-5-13(11-14(15)18(20,21)22)28(26,27)23-9-7-17(25)24-10-8-12-3-1-2-4-16(12)24/h1-6,11,23H,7-10H2. The van der Waals surface area contributed by atoms with Crippen molar-refractivity contribution in [1.82, 2.24) is 4.72 Å². The van der Waals surface area contributed by atoms with Gasteiger partial charge < -0.3 is 4.90 Å². The number of benzene rings is 2. The molecule has 1 aliphatic heterocycles. The topological polar surface area (TPSA) is 66.5 Å². The van der Waals surface area contributed by atoms with E-state index in [2.05, 4.69) is 4.72 Å². The Bertz CT molecular complexity index is 1010. The average molecular weight is 433 g/mol. The minimum atomic E-state index is -4.78. The maximum Gasteiger partial charge on any atom is 0.417 e. The lowest BCUT2D eigenvalue weighted by molar-refractivity contribution is -0.137. The van der Waals surface area contributed by atoms with Crippen LogP contribution in [0.2, 0.25) is 5.02 Å². The predicted octanol–water partition coefficient (Wildman–Crippen LogP) is 3.62. The second-order valence-corrected chi connectivity index (χ2v) is 8.39. The maximum absolute atomic E-state index is 12.9. The SMILES string of the molecule is O=C(CCNS(=O)(=O)c1ccc(Cl)c(C(F)(F)F)c1)N1CCc2ccccc21. The van der Waals surface area contributed by atoms with Gasteiger partial charge in [0.1, 0.15) is 0 Å². The van der Waals surface area contributed by atoms with E-state index < -0.39 is 31.7 Å². The zero-order chi connectivity index (χ0) is 20.5. The summed E-state index contributed by atoms with van der Waals surface area (Å²) in [5, 5.41) is -0.589. The van der Waals surface area contributed by atoms with Gasteiger partial charge in [-0.25, -0.2) is 13.1 Å². The monoisotopic (exact) mass is 432 g/mol. The molecule has 5 nitrogen and oxygen atoms in total. The number of rotatable bonds is 5. The van der Waals surface area contributed by atoms with E-state index in [0.717, 1.165) is 29.8 Å². The molecule has 0 saturated heterocycles. The Morgan fingerprint density at radius 3 is 2.61 bits per heavy atom. The number of carbonyl (C=O) groups is 1. The van der Waals surface area contributed by atoms with E-state index in [1.54, 1.807) is 4.90 Å². The van der Waals surface area contributed by atoms with Gasteiger partial charge in [0, 0.05) is 25.2 Å². The van der Waals surface area contributed by atoms with Crippen molar-refractivity contribution in [3.05, 3.63) is 58.6 Å². The van der Waals surface area contributed by atoms with E-state index in [9.17, 15) is 26.4 Å². The number of alkyl halides is 3. The van der Waals surface area contributed by atoms with Gasteiger partial charge in [0.25, 0.3) is 0 Å². The fourth-order valence-electron chi connectivity index (χ4n) is 3.00.